The second-order valence-electron chi connectivity index (χ2n) is 8.29. The van der Waals surface area contributed by atoms with Crippen molar-refractivity contribution in [2.24, 2.45) is 7.05 Å². The van der Waals surface area contributed by atoms with Crippen molar-refractivity contribution in [3.05, 3.63) is 88.6 Å². The predicted octanol–water partition coefficient (Wildman–Crippen LogP) is 6.05. The van der Waals surface area contributed by atoms with E-state index in [4.69, 9.17) is 5.73 Å². The Morgan fingerprint density at radius 3 is 2.33 bits per heavy atom. The highest BCUT2D eigenvalue weighted by atomic mass is 19.4. The smallest absolute Gasteiger partial charge is 0.396 e. The molecular formula is C25H16F6N4O. The molecule has 36 heavy (non-hydrogen) atoms. The second kappa shape index (κ2) is 7.87. The van der Waals surface area contributed by atoms with Crippen molar-refractivity contribution in [3.8, 4) is 11.1 Å². The molecule has 0 aliphatic carbocycles. The molecule has 0 saturated carbocycles. The number of hydrogen-bond donors (Lipinski definition) is 1. The van der Waals surface area contributed by atoms with E-state index in [1.165, 1.54) is 39.5 Å². The number of fused-ring (bicyclic) bond motifs is 2. The quantitative estimate of drug-likeness (QED) is 0.141. The molecule has 0 unspecified atom stereocenters. The van der Waals surface area contributed by atoms with Gasteiger partial charge in [0.2, 0.25) is 5.78 Å². The summed E-state index contributed by atoms with van der Waals surface area (Å²) in [4.78, 5) is 13.0. The maximum Gasteiger partial charge on any atom is 0.417 e. The van der Waals surface area contributed by atoms with Crippen molar-refractivity contribution in [2.45, 2.75) is 13.1 Å². The highest BCUT2D eigenvalue weighted by molar-refractivity contribution is 6.10. The molecule has 3 aromatic heterocycles. The number of nitrogens with two attached hydrogens (primary N) is 1. The second-order valence-corrected chi connectivity index (χ2v) is 8.29. The van der Waals surface area contributed by atoms with Gasteiger partial charge in [0.1, 0.15) is 5.52 Å². The van der Waals surface area contributed by atoms with Crippen molar-refractivity contribution in [2.75, 3.05) is 5.73 Å². The fourth-order valence-corrected chi connectivity index (χ4v) is 4.36. The van der Waals surface area contributed by atoms with Crippen molar-refractivity contribution >= 4 is 27.9 Å². The van der Waals surface area contributed by atoms with Gasteiger partial charge in [-0.05, 0) is 43.3 Å². The van der Waals surface area contributed by atoms with Gasteiger partial charge in [-0.1, -0.05) is 6.07 Å². The van der Waals surface area contributed by atoms with Crippen LogP contribution in [0.5, 0.6) is 0 Å². The number of ketones is 1. The Balaban J connectivity index is 1.76. The van der Waals surface area contributed by atoms with E-state index in [1.54, 1.807) is 14.0 Å². The summed E-state index contributed by atoms with van der Waals surface area (Å²) in [7, 11) is 1.59. The number of halogens is 6. The van der Waals surface area contributed by atoms with E-state index in [0.717, 1.165) is 6.07 Å². The highest BCUT2D eigenvalue weighted by Gasteiger charge is 2.37. The van der Waals surface area contributed by atoms with Gasteiger partial charge in [0.15, 0.2) is 17.5 Å². The molecule has 5 nitrogen and oxygen atoms in total. The largest absolute Gasteiger partial charge is 0.417 e. The Kier molecular flexibility index (Phi) is 5.13. The Morgan fingerprint density at radius 2 is 1.69 bits per heavy atom. The van der Waals surface area contributed by atoms with E-state index in [9.17, 15) is 31.1 Å². The fraction of sp³-hybridized carbons (Fsp3) is 0.120. The topological polar surface area (TPSA) is 65.3 Å². The van der Waals surface area contributed by atoms with Crippen LogP contribution in [0.2, 0.25) is 0 Å². The molecule has 0 spiro atoms. The normalized spacial score (nSPS) is 12.1. The summed E-state index contributed by atoms with van der Waals surface area (Å²) in [6.45, 7) is 1.63. The molecule has 0 fully saturated rings. The highest BCUT2D eigenvalue weighted by Crippen LogP contribution is 2.45. The van der Waals surface area contributed by atoms with Crippen LogP contribution in [0.4, 0.5) is 32.0 Å². The van der Waals surface area contributed by atoms with Crippen LogP contribution >= 0.6 is 0 Å². The van der Waals surface area contributed by atoms with Gasteiger partial charge < -0.3 is 10.1 Å². The lowest BCUT2D eigenvalue weighted by atomic mass is 9.94. The molecule has 0 radical (unpaired) electrons. The summed E-state index contributed by atoms with van der Waals surface area (Å²) in [5.74, 6) is -5.66. The molecule has 0 atom stereocenters. The predicted molar refractivity (Wildman–Crippen MR) is 121 cm³/mol. The van der Waals surface area contributed by atoms with Crippen molar-refractivity contribution < 1.29 is 31.1 Å². The Morgan fingerprint density at radius 1 is 1.03 bits per heavy atom. The number of pyridine rings is 1. The number of hydrogen-bond acceptors (Lipinski definition) is 3. The third-order valence-corrected chi connectivity index (χ3v) is 6.21. The summed E-state index contributed by atoms with van der Waals surface area (Å²) in [5, 5.41) is 4.51. The molecule has 0 aliphatic rings. The van der Waals surface area contributed by atoms with Gasteiger partial charge in [-0.25, -0.2) is 13.2 Å². The monoisotopic (exact) mass is 502 g/mol. The maximum atomic E-state index is 14.2. The van der Waals surface area contributed by atoms with E-state index >= 15 is 0 Å². The van der Waals surface area contributed by atoms with Gasteiger partial charge in [-0.15, -0.1) is 0 Å². The molecule has 0 saturated heterocycles. The zero-order valence-corrected chi connectivity index (χ0v) is 18.7. The van der Waals surface area contributed by atoms with E-state index in [2.05, 4.69) is 5.10 Å². The molecule has 5 rings (SSSR count). The summed E-state index contributed by atoms with van der Waals surface area (Å²) < 4.78 is 86.0. The van der Waals surface area contributed by atoms with Crippen LogP contribution < -0.4 is 5.73 Å². The van der Waals surface area contributed by atoms with Crippen LogP contribution in [0.3, 0.4) is 0 Å². The van der Waals surface area contributed by atoms with Gasteiger partial charge >= 0.3 is 6.18 Å². The minimum atomic E-state index is -4.76. The lowest BCUT2D eigenvalue weighted by Gasteiger charge is -2.17. The molecule has 11 heteroatoms. The van der Waals surface area contributed by atoms with E-state index < -0.39 is 40.5 Å². The van der Waals surface area contributed by atoms with Crippen molar-refractivity contribution in [3.63, 3.8) is 0 Å². The van der Waals surface area contributed by atoms with Crippen LogP contribution in [0, 0.1) is 24.4 Å². The lowest BCUT2D eigenvalue weighted by Crippen LogP contribution is -2.10. The molecule has 2 N–H and O–H groups in total. The summed E-state index contributed by atoms with van der Waals surface area (Å²) in [6, 6.07) is 7.63. The average molecular weight is 502 g/mol. The number of rotatable bonds is 3. The molecule has 184 valence electrons. The third kappa shape index (κ3) is 3.42. The first kappa shape index (κ1) is 23.5. The van der Waals surface area contributed by atoms with Gasteiger partial charge in [-0.3, -0.25) is 9.48 Å². The lowest BCUT2D eigenvalue weighted by molar-refractivity contribution is -0.136. The first-order valence-corrected chi connectivity index (χ1v) is 10.5. The molecule has 2 aromatic carbocycles. The number of nitrogen functional groups attached to an aromatic ring is 1. The van der Waals surface area contributed by atoms with Crippen LogP contribution in [-0.2, 0) is 13.2 Å². The number of benzene rings is 2. The number of aromatic nitrogens is 3. The molecular weight excluding hydrogens is 486 g/mol. The minimum absolute atomic E-state index is 0.0723. The van der Waals surface area contributed by atoms with E-state index in [-0.39, 0.29) is 38.9 Å². The first-order valence-electron chi connectivity index (χ1n) is 10.5. The molecule has 0 bridgehead atoms. The average Bonchev–Trinajstić information content (AvgIpc) is 3.37. The number of carbonyl (C=O) groups is 1. The summed E-state index contributed by atoms with van der Waals surface area (Å²) >= 11 is 0. The number of anilines is 1. The molecule has 3 heterocycles. The van der Waals surface area contributed by atoms with Crippen LogP contribution in [0.25, 0.3) is 27.5 Å². The number of nitrogens with zero attached hydrogens (tertiary/aromatic N) is 3. The number of aryl methyl sites for hydroxylation is 2. The Bertz CT molecular complexity index is 1690. The minimum Gasteiger partial charge on any atom is -0.396 e. The van der Waals surface area contributed by atoms with Crippen molar-refractivity contribution in [1.29, 1.82) is 0 Å². The third-order valence-electron chi connectivity index (χ3n) is 6.21. The number of carbonyl (C=O) groups excluding carboxylic acids is 1. The van der Waals surface area contributed by atoms with E-state index in [0.29, 0.717) is 17.8 Å². The van der Waals surface area contributed by atoms with Gasteiger partial charge in [0.05, 0.1) is 22.5 Å². The Labute approximate surface area is 199 Å². The Hall–Kier alpha value is -4.28. The SMILES string of the molecule is Cc1c2cc(C(F)(F)F)c(-c3cccn4c(C(=O)c5cc(F)c(F)c(F)c5)ccc34)c(N)c2nn1C. The molecule has 0 amide bonds. The summed E-state index contributed by atoms with van der Waals surface area (Å²) in [5.41, 5.74) is 5.18. The number of alkyl halides is 3. The van der Waals surface area contributed by atoms with Crippen LogP contribution in [0.1, 0.15) is 27.3 Å². The maximum absolute atomic E-state index is 14.2. The fourth-order valence-electron chi connectivity index (χ4n) is 4.36. The molecule has 0 aliphatic heterocycles. The van der Waals surface area contributed by atoms with E-state index in [1.807, 2.05) is 0 Å². The van der Waals surface area contributed by atoms with Gasteiger partial charge in [-0.2, -0.15) is 18.3 Å². The van der Waals surface area contributed by atoms with Crippen LogP contribution in [0.15, 0.2) is 48.7 Å². The van der Waals surface area contributed by atoms with Crippen molar-refractivity contribution in [1.82, 2.24) is 14.2 Å². The standard InChI is InChI=1S/C25H16F6N4O/c1-11-14-10-15(25(29,30)31)20(22(32)23(14)33-34(11)2)13-4-3-7-35-18(13)5-6-19(35)24(36)12-8-16(26)21(28)17(27)9-12/h3-10H,32H2,1-2H3. The summed E-state index contributed by atoms with van der Waals surface area (Å²) in [6.07, 6.45) is -3.35. The molecule has 5 aromatic rings. The van der Waals surface area contributed by atoms with Gasteiger partial charge in [0, 0.05) is 41.0 Å². The van der Waals surface area contributed by atoms with Crippen LogP contribution in [-0.4, -0.2) is 20.0 Å². The first-order chi connectivity index (χ1) is 16.9. The zero-order valence-electron chi connectivity index (χ0n) is 18.7. The zero-order chi connectivity index (χ0) is 26.1. The van der Waals surface area contributed by atoms with Gasteiger partial charge in [0.25, 0.3) is 0 Å².